The molecule has 0 atom stereocenters. The van der Waals surface area contributed by atoms with Gasteiger partial charge in [0.15, 0.2) is 0 Å². The Bertz CT molecular complexity index is 211. The molecule has 0 aromatic carbocycles. The van der Waals surface area contributed by atoms with Crippen LogP contribution in [0.2, 0.25) is 0 Å². The van der Waals surface area contributed by atoms with Gasteiger partial charge in [-0.3, -0.25) is 0 Å². The highest BCUT2D eigenvalue weighted by molar-refractivity contribution is 5.23. The van der Waals surface area contributed by atoms with Gasteiger partial charge in [-0.1, -0.05) is 43.5 Å². The van der Waals surface area contributed by atoms with Gasteiger partial charge in [0.2, 0.25) is 0 Å². The molecule has 0 aliphatic heterocycles. The Morgan fingerprint density at radius 2 is 2.00 bits per heavy atom. The van der Waals surface area contributed by atoms with Crippen molar-refractivity contribution in [3.8, 4) is 0 Å². The Kier molecular flexibility index (Phi) is 9.23. The molecule has 0 aromatic heterocycles. The highest BCUT2D eigenvalue weighted by atomic mass is 14.8. The van der Waals surface area contributed by atoms with Crippen LogP contribution >= 0.6 is 0 Å². The summed E-state index contributed by atoms with van der Waals surface area (Å²) in [5.41, 5.74) is 1.29. The van der Waals surface area contributed by atoms with E-state index < -0.39 is 0 Å². The molecule has 0 aliphatic rings. The van der Waals surface area contributed by atoms with Crippen LogP contribution in [0.3, 0.4) is 0 Å². The number of unbranched alkanes of at least 4 members (excludes halogenated alkanes) is 1. The summed E-state index contributed by atoms with van der Waals surface area (Å²) in [6, 6.07) is 0. The lowest BCUT2D eigenvalue weighted by molar-refractivity contribution is 0.678. The summed E-state index contributed by atoms with van der Waals surface area (Å²) >= 11 is 0. The monoisotopic (exact) mass is 191 g/mol. The zero-order valence-corrected chi connectivity index (χ0v) is 9.13. The molecule has 78 valence electrons. The molecule has 14 heavy (non-hydrogen) atoms. The predicted molar refractivity (Wildman–Crippen MR) is 65.4 cm³/mol. The second-order valence-electron chi connectivity index (χ2n) is 3.13. The van der Waals surface area contributed by atoms with E-state index in [9.17, 15) is 0 Å². The zero-order valence-electron chi connectivity index (χ0n) is 9.13. The normalized spacial score (nSPS) is 11.9. The standard InChI is InChI=1S/C13H21N/c1-4-6-7-10-13(5-2)11-8-9-12-14-3/h4-7,10,14H,1-2,8-9,11-12H2,3H3/b7-6-,13-10+. The number of hydrogen-bond donors (Lipinski definition) is 1. The van der Waals surface area contributed by atoms with E-state index in [1.807, 2.05) is 25.3 Å². The van der Waals surface area contributed by atoms with Gasteiger partial charge in [-0.15, -0.1) is 0 Å². The van der Waals surface area contributed by atoms with E-state index in [2.05, 4.69) is 24.6 Å². The van der Waals surface area contributed by atoms with Gasteiger partial charge in [0.1, 0.15) is 0 Å². The zero-order chi connectivity index (χ0) is 10.6. The first-order valence-corrected chi connectivity index (χ1v) is 5.10. The summed E-state index contributed by atoms with van der Waals surface area (Å²) in [5, 5.41) is 3.14. The molecule has 0 fully saturated rings. The van der Waals surface area contributed by atoms with E-state index in [0.717, 1.165) is 13.0 Å². The smallest absolute Gasteiger partial charge is 0.00518 e. The highest BCUT2D eigenvalue weighted by Crippen LogP contribution is 2.08. The van der Waals surface area contributed by atoms with Gasteiger partial charge in [0.05, 0.1) is 0 Å². The van der Waals surface area contributed by atoms with Crippen LogP contribution in [0.15, 0.2) is 49.1 Å². The van der Waals surface area contributed by atoms with Gasteiger partial charge in [-0.25, -0.2) is 0 Å². The molecule has 0 heterocycles. The van der Waals surface area contributed by atoms with Gasteiger partial charge in [0, 0.05) is 0 Å². The molecule has 1 nitrogen and oxygen atoms in total. The minimum atomic E-state index is 1.09. The summed E-state index contributed by atoms with van der Waals surface area (Å²) in [6.07, 6.45) is 13.2. The SMILES string of the molecule is C=C/C=C\C=C(/C=C)CCCCNC. The molecule has 1 N–H and O–H groups in total. The molecule has 0 rings (SSSR count). The van der Waals surface area contributed by atoms with Crippen molar-refractivity contribution >= 4 is 0 Å². The van der Waals surface area contributed by atoms with Crippen molar-refractivity contribution in [3.05, 3.63) is 49.1 Å². The first-order chi connectivity index (χ1) is 6.85. The maximum Gasteiger partial charge on any atom is -0.00518 e. The van der Waals surface area contributed by atoms with Crippen LogP contribution in [0.1, 0.15) is 19.3 Å². The second kappa shape index (κ2) is 10.0. The van der Waals surface area contributed by atoms with Gasteiger partial charge >= 0.3 is 0 Å². The van der Waals surface area contributed by atoms with Crippen molar-refractivity contribution in [3.63, 3.8) is 0 Å². The van der Waals surface area contributed by atoms with Crippen LogP contribution in [-0.2, 0) is 0 Å². The van der Waals surface area contributed by atoms with Crippen LogP contribution in [0, 0.1) is 0 Å². The largest absolute Gasteiger partial charge is 0.320 e. The third kappa shape index (κ3) is 7.56. The molecule has 0 aliphatic carbocycles. The van der Waals surface area contributed by atoms with Crippen molar-refractivity contribution in [2.75, 3.05) is 13.6 Å². The maximum absolute atomic E-state index is 3.80. The molecule has 0 saturated carbocycles. The fraction of sp³-hybridized carbons (Fsp3) is 0.385. The van der Waals surface area contributed by atoms with E-state index in [-0.39, 0.29) is 0 Å². The molecule has 1 heteroatoms. The third-order valence-corrected chi connectivity index (χ3v) is 1.96. The van der Waals surface area contributed by atoms with Crippen LogP contribution in [-0.4, -0.2) is 13.6 Å². The lowest BCUT2D eigenvalue weighted by Gasteiger charge is -2.00. The predicted octanol–water partition coefficient (Wildman–Crippen LogP) is 3.23. The topological polar surface area (TPSA) is 12.0 Å². The average molecular weight is 191 g/mol. The number of hydrogen-bond acceptors (Lipinski definition) is 1. The van der Waals surface area contributed by atoms with Gasteiger partial charge < -0.3 is 5.32 Å². The van der Waals surface area contributed by atoms with Gasteiger partial charge in [-0.2, -0.15) is 0 Å². The molecule has 0 bridgehead atoms. The van der Waals surface area contributed by atoms with Crippen molar-refractivity contribution < 1.29 is 0 Å². The minimum absolute atomic E-state index is 1.09. The first-order valence-electron chi connectivity index (χ1n) is 5.10. The Balaban J connectivity index is 3.78. The molecule has 0 radical (unpaired) electrons. The lowest BCUT2D eigenvalue weighted by atomic mass is 10.1. The number of nitrogens with one attached hydrogen (secondary N) is 1. The van der Waals surface area contributed by atoms with Crippen LogP contribution < -0.4 is 5.32 Å². The fourth-order valence-electron chi connectivity index (χ4n) is 1.14. The number of rotatable bonds is 8. The molecule has 0 amide bonds. The second-order valence-corrected chi connectivity index (χ2v) is 3.13. The highest BCUT2D eigenvalue weighted by Gasteiger charge is 1.90. The summed E-state index contributed by atoms with van der Waals surface area (Å²) in [4.78, 5) is 0. The summed E-state index contributed by atoms with van der Waals surface area (Å²) < 4.78 is 0. The Morgan fingerprint density at radius 3 is 2.57 bits per heavy atom. The van der Waals surface area contributed by atoms with E-state index in [4.69, 9.17) is 0 Å². The van der Waals surface area contributed by atoms with E-state index in [1.54, 1.807) is 6.08 Å². The molecule has 0 unspecified atom stereocenters. The van der Waals surface area contributed by atoms with Crippen molar-refractivity contribution in [2.24, 2.45) is 0 Å². The number of allylic oxidation sites excluding steroid dienone is 6. The van der Waals surface area contributed by atoms with Crippen molar-refractivity contribution in [1.29, 1.82) is 0 Å². The molecular formula is C13H21N. The van der Waals surface area contributed by atoms with Crippen LogP contribution in [0.25, 0.3) is 0 Å². The van der Waals surface area contributed by atoms with Crippen molar-refractivity contribution in [1.82, 2.24) is 5.32 Å². The fourth-order valence-corrected chi connectivity index (χ4v) is 1.14. The van der Waals surface area contributed by atoms with Gasteiger partial charge in [-0.05, 0) is 38.4 Å². The average Bonchev–Trinajstić information content (AvgIpc) is 2.22. The molecule has 0 saturated heterocycles. The first kappa shape index (κ1) is 12.9. The Hall–Kier alpha value is -1.08. The van der Waals surface area contributed by atoms with Crippen LogP contribution in [0.5, 0.6) is 0 Å². The van der Waals surface area contributed by atoms with E-state index >= 15 is 0 Å². The lowest BCUT2D eigenvalue weighted by Crippen LogP contribution is -2.06. The Morgan fingerprint density at radius 1 is 1.21 bits per heavy atom. The molecule has 0 aromatic rings. The Labute approximate surface area is 87.9 Å². The summed E-state index contributed by atoms with van der Waals surface area (Å²) in [7, 11) is 1.98. The third-order valence-electron chi connectivity index (χ3n) is 1.96. The summed E-state index contributed by atoms with van der Waals surface area (Å²) in [5.74, 6) is 0. The van der Waals surface area contributed by atoms with E-state index in [1.165, 1.54) is 18.4 Å². The molecular weight excluding hydrogens is 170 g/mol. The summed E-state index contributed by atoms with van der Waals surface area (Å²) in [6.45, 7) is 8.50. The van der Waals surface area contributed by atoms with Gasteiger partial charge in [0.25, 0.3) is 0 Å². The van der Waals surface area contributed by atoms with Crippen LogP contribution in [0.4, 0.5) is 0 Å². The quantitative estimate of drug-likeness (QED) is 0.459. The maximum atomic E-state index is 3.80. The van der Waals surface area contributed by atoms with E-state index in [0.29, 0.717) is 0 Å². The van der Waals surface area contributed by atoms with Crippen molar-refractivity contribution in [2.45, 2.75) is 19.3 Å². The molecule has 0 spiro atoms. The minimum Gasteiger partial charge on any atom is -0.320 e.